The van der Waals surface area contributed by atoms with E-state index in [1.54, 1.807) is 13.3 Å². The summed E-state index contributed by atoms with van der Waals surface area (Å²) in [6.45, 7) is 4.18. The summed E-state index contributed by atoms with van der Waals surface area (Å²) in [5.74, 6) is 0.716. The summed E-state index contributed by atoms with van der Waals surface area (Å²) in [5.41, 5.74) is 0. The first-order valence-corrected chi connectivity index (χ1v) is 6.37. The highest BCUT2D eigenvalue weighted by atomic mass is 32.2. The fraction of sp³-hybridized carbons (Fsp3) is 1.00. The topological polar surface area (TPSA) is 32.7 Å². The van der Waals surface area contributed by atoms with Gasteiger partial charge in [0.2, 0.25) is 0 Å². The van der Waals surface area contributed by atoms with E-state index in [9.17, 15) is 4.21 Å². The molecule has 0 saturated heterocycles. The molecule has 0 aromatic carbocycles. The van der Waals surface area contributed by atoms with Crippen molar-refractivity contribution in [2.24, 2.45) is 4.36 Å². The largest absolute Gasteiger partial charge is 0.307 e. The molecule has 0 aliphatic carbocycles. The van der Waals surface area contributed by atoms with Crippen LogP contribution in [-0.4, -0.2) is 48.3 Å². The average molecular weight is 192 g/mol. The van der Waals surface area contributed by atoms with E-state index in [4.69, 9.17) is 0 Å². The Kier molecular flexibility index (Phi) is 5.50. The van der Waals surface area contributed by atoms with Gasteiger partial charge < -0.3 is 4.90 Å². The lowest BCUT2D eigenvalue weighted by atomic mass is 10.4. The molecule has 0 aliphatic heterocycles. The Balaban J connectivity index is 3.65. The van der Waals surface area contributed by atoms with Crippen molar-refractivity contribution in [1.29, 1.82) is 0 Å². The summed E-state index contributed by atoms with van der Waals surface area (Å²) in [5, 5.41) is 0. The van der Waals surface area contributed by atoms with E-state index >= 15 is 0 Å². The van der Waals surface area contributed by atoms with Crippen LogP contribution in [0.4, 0.5) is 0 Å². The first-order chi connectivity index (χ1) is 5.52. The molecule has 0 amide bonds. The summed E-state index contributed by atoms with van der Waals surface area (Å²) < 4.78 is 15.3. The highest BCUT2D eigenvalue weighted by Crippen LogP contribution is 1.95. The Labute approximate surface area is 76.3 Å². The maximum atomic E-state index is 11.4. The third-order valence-electron chi connectivity index (χ3n) is 1.99. The number of nitrogens with zero attached hydrogens (tertiary/aromatic N) is 2. The molecule has 0 fully saturated rings. The van der Waals surface area contributed by atoms with E-state index in [-0.39, 0.29) is 0 Å². The fourth-order valence-corrected chi connectivity index (χ4v) is 1.70. The lowest BCUT2D eigenvalue weighted by Gasteiger charge is -2.13. The van der Waals surface area contributed by atoms with Crippen LogP contribution in [0.3, 0.4) is 0 Å². The lowest BCUT2D eigenvalue weighted by Crippen LogP contribution is -2.20. The fourth-order valence-electron chi connectivity index (χ4n) is 0.852. The summed E-state index contributed by atoms with van der Waals surface area (Å²) >= 11 is 0. The molecule has 0 aromatic heterocycles. The molecular weight excluding hydrogens is 172 g/mol. The Bertz CT molecular complexity index is 219. The summed E-state index contributed by atoms with van der Waals surface area (Å²) in [7, 11) is 1.83. The van der Waals surface area contributed by atoms with Gasteiger partial charge in [-0.1, -0.05) is 6.92 Å². The third kappa shape index (κ3) is 5.55. The van der Waals surface area contributed by atoms with Crippen LogP contribution in [0.5, 0.6) is 0 Å². The number of hydrogen-bond donors (Lipinski definition) is 0. The highest BCUT2D eigenvalue weighted by Gasteiger charge is 2.00. The van der Waals surface area contributed by atoms with Crippen LogP contribution in [-0.2, 0) is 9.73 Å². The van der Waals surface area contributed by atoms with E-state index in [0.717, 1.165) is 19.5 Å². The second-order valence-corrected chi connectivity index (χ2v) is 5.79. The van der Waals surface area contributed by atoms with Crippen LogP contribution in [0.1, 0.15) is 13.3 Å². The first kappa shape index (κ1) is 11.9. The first-order valence-electron chi connectivity index (χ1n) is 4.28. The monoisotopic (exact) mass is 192 g/mol. The van der Waals surface area contributed by atoms with Crippen LogP contribution in [0.2, 0.25) is 0 Å². The SMILES string of the molecule is CCN(C)CCCS(C)(=O)=NC. The second kappa shape index (κ2) is 5.54. The van der Waals surface area contributed by atoms with Gasteiger partial charge in [-0.05, 0) is 26.6 Å². The smallest absolute Gasteiger partial charge is 0.0436 e. The molecule has 0 N–H and O–H groups in total. The predicted octanol–water partition coefficient (Wildman–Crippen LogP) is 1.06. The van der Waals surface area contributed by atoms with Gasteiger partial charge in [0.15, 0.2) is 0 Å². The van der Waals surface area contributed by atoms with Gasteiger partial charge in [0.1, 0.15) is 0 Å². The summed E-state index contributed by atoms with van der Waals surface area (Å²) in [6.07, 6.45) is 2.69. The van der Waals surface area contributed by atoms with Gasteiger partial charge in [-0.3, -0.25) is 4.21 Å². The Morgan fingerprint density at radius 1 is 1.50 bits per heavy atom. The van der Waals surface area contributed by atoms with Crippen LogP contribution in [0.15, 0.2) is 4.36 Å². The number of rotatable bonds is 5. The van der Waals surface area contributed by atoms with Gasteiger partial charge in [-0.2, -0.15) is 0 Å². The zero-order chi connectivity index (χ0) is 9.61. The van der Waals surface area contributed by atoms with Crippen molar-refractivity contribution in [2.45, 2.75) is 13.3 Å². The highest BCUT2D eigenvalue weighted by molar-refractivity contribution is 7.92. The van der Waals surface area contributed by atoms with Gasteiger partial charge in [-0.15, -0.1) is 0 Å². The van der Waals surface area contributed by atoms with Gasteiger partial charge in [0, 0.05) is 28.8 Å². The van der Waals surface area contributed by atoms with Crippen molar-refractivity contribution >= 4 is 9.73 Å². The Morgan fingerprint density at radius 3 is 2.50 bits per heavy atom. The second-order valence-electron chi connectivity index (χ2n) is 3.10. The molecule has 3 nitrogen and oxygen atoms in total. The molecule has 0 aromatic rings. The van der Waals surface area contributed by atoms with E-state index in [1.165, 1.54) is 0 Å². The van der Waals surface area contributed by atoms with Crippen molar-refractivity contribution < 1.29 is 4.21 Å². The van der Waals surface area contributed by atoms with Crippen molar-refractivity contribution in [3.63, 3.8) is 0 Å². The number of hydrogen-bond acceptors (Lipinski definition) is 3. The normalized spacial score (nSPS) is 16.1. The van der Waals surface area contributed by atoms with Crippen LogP contribution < -0.4 is 0 Å². The van der Waals surface area contributed by atoms with E-state index in [0.29, 0.717) is 5.75 Å². The molecule has 1 atom stereocenters. The zero-order valence-electron chi connectivity index (χ0n) is 8.54. The molecule has 74 valence electrons. The minimum Gasteiger partial charge on any atom is -0.307 e. The van der Waals surface area contributed by atoms with Gasteiger partial charge in [-0.25, -0.2) is 4.36 Å². The van der Waals surface area contributed by atoms with Gasteiger partial charge in [0.25, 0.3) is 0 Å². The molecule has 0 bridgehead atoms. The minimum absolute atomic E-state index is 0.716. The van der Waals surface area contributed by atoms with Crippen molar-refractivity contribution in [3.05, 3.63) is 0 Å². The molecule has 4 heteroatoms. The Hall–Kier alpha value is -0.0900. The van der Waals surface area contributed by atoms with E-state index in [2.05, 4.69) is 23.2 Å². The molecule has 0 radical (unpaired) electrons. The maximum Gasteiger partial charge on any atom is 0.0436 e. The quantitative estimate of drug-likeness (QED) is 0.652. The van der Waals surface area contributed by atoms with E-state index < -0.39 is 9.73 Å². The van der Waals surface area contributed by atoms with Crippen molar-refractivity contribution in [1.82, 2.24) is 4.90 Å². The molecule has 12 heavy (non-hydrogen) atoms. The van der Waals surface area contributed by atoms with E-state index in [1.807, 2.05) is 0 Å². The van der Waals surface area contributed by atoms with Crippen LogP contribution in [0, 0.1) is 0 Å². The zero-order valence-corrected chi connectivity index (χ0v) is 9.36. The Morgan fingerprint density at radius 2 is 2.08 bits per heavy atom. The van der Waals surface area contributed by atoms with Crippen LogP contribution >= 0.6 is 0 Å². The van der Waals surface area contributed by atoms with Crippen molar-refractivity contribution in [3.8, 4) is 0 Å². The summed E-state index contributed by atoms with van der Waals surface area (Å²) in [4.78, 5) is 2.21. The molecule has 0 heterocycles. The molecule has 0 spiro atoms. The molecule has 1 unspecified atom stereocenters. The maximum absolute atomic E-state index is 11.4. The molecule has 0 saturated carbocycles. The van der Waals surface area contributed by atoms with Crippen LogP contribution in [0.25, 0.3) is 0 Å². The van der Waals surface area contributed by atoms with Gasteiger partial charge in [0.05, 0.1) is 0 Å². The average Bonchev–Trinajstić information content (AvgIpc) is 2.04. The lowest BCUT2D eigenvalue weighted by molar-refractivity contribution is 0.354. The molecular formula is C8H20N2OS. The standard InChI is InChI=1S/C8H20N2OS/c1-5-10(3)7-6-8-12(4,11)9-2/h5-8H2,1-4H3. The molecule has 0 aliphatic rings. The van der Waals surface area contributed by atoms with Gasteiger partial charge >= 0.3 is 0 Å². The summed E-state index contributed by atoms with van der Waals surface area (Å²) in [6, 6.07) is 0. The molecule has 0 rings (SSSR count). The predicted molar refractivity (Wildman–Crippen MR) is 55.1 cm³/mol. The van der Waals surface area contributed by atoms with Crippen molar-refractivity contribution in [2.75, 3.05) is 39.2 Å². The minimum atomic E-state index is -1.88. The third-order valence-corrected chi connectivity index (χ3v) is 3.81.